The van der Waals surface area contributed by atoms with Crippen molar-refractivity contribution in [2.24, 2.45) is 5.73 Å². The summed E-state index contributed by atoms with van der Waals surface area (Å²) in [4.78, 5) is 11.1. The summed E-state index contributed by atoms with van der Waals surface area (Å²) < 4.78 is 5.31. The SMILES string of the molecule is NC(=S)NC(=O)CCOc1ccccc1. The highest BCUT2D eigenvalue weighted by atomic mass is 32.1. The molecule has 0 aliphatic rings. The van der Waals surface area contributed by atoms with E-state index in [1.54, 1.807) is 0 Å². The van der Waals surface area contributed by atoms with Crippen LogP contribution < -0.4 is 15.8 Å². The summed E-state index contributed by atoms with van der Waals surface area (Å²) in [6.45, 7) is 0.304. The number of amides is 1. The molecule has 1 aromatic carbocycles. The van der Waals surface area contributed by atoms with Gasteiger partial charge in [-0.2, -0.15) is 0 Å². The average Bonchev–Trinajstić information content (AvgIpc) is 2.18. The van der Waals surface area contributed by atoms with Gasteiger partial charge in [0.2, 0.25) is 5.91 Å². The van der Waals surface area contributed by atoms with Crippen molar-refractivity contribution >= 4 is 23.2 Å². The maximum absolute atomic E-state index is 11.1. The fourth-order valence-corrected chi connectivity index (χ4v) is 1.09. The number of ether oxygens (including phenoxy) is 1. The third kappa shape index (κ3) is 4.97. The second-order valence-corrected chi connectivity index (χ2v) is 3.26. The Morgan fingerprint density at radius 2 is 2.07 bits per heavy atom. The van der Waals surface area contributed by atoms with Crippen molar-refractivity contribution in [1.29, 1.82) is 0 Å². The Balaban J connectivity index is 2.22. The van der Waals surface area contributed by atoms with Gasteiger partial charge in [0.05, 0.1) is 13.0 Å². The summed E-state index contributed by atoms with van der Waals surface area (Å²) in [7, 11) is 0. The van der Waals surface area contributed by atoms with Gasteiger partial charge in [-0.15, -0.1) is 0 Å². The van der Waals surface area contributed by atoms with Crippen LogP contribution in [0.4, 0.5) is 0 Å². The lowest BCUT2D eigenvalue weighted by Crippen LogP contribution is -2.35. The molecule has 1 rings (SSSR count). The first-order chi connectivity index (χ1) is 7.18. The molecule has 3 N–H and O–H groups in total. The van der Waals surface area contributed by atoms with Crippen LogP contribution in [0.5, 0.6) is 5.75 Å². The van der Waals surface area contributed by atoms with Gasteiger partial charge in [-0.05, 0) is 24.4 Å². The van der Waals surface area contributed by atoms with Gasteiger partial charge in [-0.1, -0.05) is 18.2 Å². The lowest BCUT2D eigenvalue weighted by molar-refractivity contribution is -0.120. The molecule has 0 aliphatic heterocycles. The molecule has 5 heteroatoms. The Kier molecular flexibility index (Phi) is 4.56. The highest BCUT2D eigenvalue weighted by Crippen LogP contribution is 2.08. The van der Waals surface area contributed by atoms with E-state index in [4.69, 9.17) is 10.5 Å². The quantitative estimate of drug-likeness (QED) is 0.743. The zero-order valence-corrected chi connectivity index (χ0v) is 8.92. The highest BCUT2D eigenvalue weighted by Gasteiger charge is 2.01. The van der Waals surface area contributed by atoms with Crippen LogP contribution >= 0.6 is 12.2 Å². The second-order valence-electron chi connectivity index (χ2n) is 2.82. The monoisotopic (exact) mass is 224 g/mol. The Morgan fingerprint density at radius 3 is 2.67 bits per heavy atom. The van der Waals surface area contributed by atoms with Crippen molar-refractivity contribution in [3.05, 3.63) is 30.3 Å². The van der Waals surface area contributed by atoms with Crippen LogP contribution in [0.25, 0.3) is 0 Å². The lowest BCUT2D eigenvalue weighted by atomic mass is 10.3. The minimum atomic E-state index is -0.238. The molecule has 1 amide bonds. The van der Waals surface area contributed by atoms with E-state index in [0.29, 0.717) is 6.61 Å². The predicted molar refractivity (Wildman–Crippen MR) is 61.5 cm³/mol. The van der Waals surface area contributed by atoms with E-state index in [1.165, 1.54) is 0 Å². The number of hydrogen-bond acceptors (Lipinski definition) is 3. The van der Waals surface area contributed by atoms with Gasteiger partial charge in [0.15, 0.2) is 5.11 Å². The van der Waals surface area contributed by atoms with Crippen LogP contribution in [0.15, 0.2) is 30.3 Å². The molecular weight excluding hydrogens is 212 g/mol. The number of thiocarbonyl (C=S) groups is 1. The zero-order valence-electron chi connectivity index (χ0n) is 8.10. The normalized spacial score (nSPS) is 9.33. The van der Waals surface area contributed by atoms with E-state index in [9.17, 15) is 4.79 Å². The number of carbonyl (C=O) groups is 1. The molecule has 0 radical (unpaired) electrons. The Bertz CT molecular complexity index is 341. The van der Waals surface area contributed by atoms with E-state index >= 15 is 0 Å². The zero-order chi connectivity index (χ0) is 11.1. The molecule has 0 spiro atoms. The smallest absolute Gasteiger partial charge is 0.229 e. The number of para-hydroxylation sites is 1. The predicted octanol–water partition coefficient (Wildman–Crippen LogP) is 0.815. The standard InChI is InChI=1S/C10H12N2O2S/c11-10(15)12-9(13)6-7-14-8-4-2-1-3-5-8/h1-5H,6-7H2,(H3,11,12,13,15). The molecule has 0 fully saturated rings. The van der Waals surface area contributed by atoms with E-state index in [0.717, 1.165) is 5.75 Å². The molecule has 0 saturated carbocycles. The van der Waals surface area contributed by atoms with E-state index < -0.39 is 0 Å². The number of benzene rings is 1. The van der Waals surface area contributed by atoms with Gasteiger partial charge in [0.1, 0.15) is 5.75 Å². The molecule has 0 unspecified atom stereocenters. The highest BCUT2D eigenvalue weighted by molar-refractivity contribution is 7.80. The van der Waals surface area contributed by atoms with E-state index in [1.807, 2.05) is 30.3 Å². The third-order valence-corrected chi connectivity index (χ3v) is 1.71. The van der Waals surface area contributed by atoms with Crippen LogP contribution in [0.3, 0.4) is 0 Å². The molecule has 0 heterocycles. The number of carbonyl (C=O) groups excluding carboxylic acids is 1. The summed E-state index contributed by atoms with van der Waals surface area (Å²) in [5.74, 6) is 0.499. The molecule has 0 aromatic heterocycles. The summed E-state index contributed by atoms with van der Waals surface area (Å²) in [5.41, 5.74) is 5.13. The van der Waals surface area contributed by atoms with Crippen molar-refractivity contribution < 1.29 is 9.53 Å². The molecule has 80 valence electrons. The first-order valence-electron chi connectivity index (χ1n) is 4.45. The Hall–Kier alpha value is -1.62. The van der Waals surface area contributed by atoms with Gasteiger partial charge in [-0.25, -0.2) is 0 Å². The largest absolute Gasteiger partial charge is 0.493 e. The molecule has 0 atom stereocenters. The van der Waals surface area contributed by atoms with Gasteiger partial charge in [-0.3, -0.25) is 4.79 Å². The first kappa shape index (κ1) is 11.5. The average molecular weight is 224 g/mol. The summed E-state index contributed by atoms with van der Waals surface area (Å²) >= 11 is 4.52. The van der Waals surface area contributed by atoms with Gasteiger partial charge < -0.3 is 15.8 Å². The summed E-state index contributed by atoms with van der Waals surface area (Å²) in [5, 5.41) is 2.31. The topological polar surface area (TPSA) is 64.3 Å². The number of nitrogens with two attached hydrogens (primary N) is 1. The number of rotatable bonds is 4. The van der Waals surface area contributed by atoms with Gasteiger partial charge in [0, 0.05) is 0 Å². The van der Waals surface area contributed by atoms with Crippen molar-refractivity contribution in [1.82, 2.24) is 5.32 Å². The summed E-state index contributed by atoms with van der Waals surface area (Å²) in [6.07, 6.45) is 0.228. The molecule has 15 heavy (non-hydrogen) atoms. The summed E-state index contributed by atoms with van der Waals surface area (Å²) in [6, 6.07) is 9.28. The van der Waals surface area contributed by atoms with Crippen LogP contribution in [0.1, 0.15) is 6.42 Å². The van der Waals surface area contributed by atoms with Crippen molar-refractivity contribution in [2.75, 3.05) is 6.61 Å². The maximum Gasteiger partial charge on any atom is 0.229 e. The second kappa shape index (κ2) is 5.98. The molecule has 4 nitrogen and oxygen atoms in total. The number of hydrogen-bond donors (Lipinski definition) is 2. The first-order valence-corrected chi connectivity index (χ1v) is 4.86. The Labute approximate surface area is 93.4 Å². The molecule has 1 aromatic rings. The van der Waals surface area contributed by atoms with Gasteiger partial charge >= 0.3 is 0 Å². The Morgan fingerprint density at radius 1 is 1.40 bits per heavy atom. The van der Waals surface area contributed by atoms with Crippen molar-refractivity contribution in [3.63, 3.8) is 0 Å². The third-order valence-electron chi connectivity index (χ3n) is 1.60. The van der Waals surface area contributed by atoms with Crippen LogP contribution in [-0.4, -0.2) is 17.6 Å². The minimum absolute atomic E-state index is 0.0142. The van der Waals surface area contributed by atoms with Gasteiger partial charge in [0.25, 0.3) is 0 Å². The molecule has 0 bridgehead atoms. The van der Waals surface area contributed by atoms with Crippen LogP contribution in [0, 0.1) is 0 Å². The number of nitrogens with one attached hydrogen (secondary N) is 1. The lowest BCUT2D eigenvalue weighted by Gasteiger charge is -2.05. The van der Waals surface area contributed by atoms with Crippen LogP contribution in [0.2, 0.25) is 0 Å². The molecule has 0 aliphatic carbocycles. The van der Waals surface area contributed by atoms with Crippen molar-refractivity contribution in [3.8, 4) is 5.75 Å². The molecule has 0 saturated heterocycles. The minimum Gasteiger partial charge on any atom is -0.493 e. The van der Waals surface area contributed by atoms with E-state index in [2.05, 4.69) is 17.5 Å². The fraction of sp³-hybridized carbons (Fsp3) is 0.200. The van der Waals surface area contributed by atoms with Crippen molar-refractivity contribution in [2.45, 2.75) is 6.42 Å². The van der Waals surface area contributed by atoms with Crippen LogP contribution in [-0.2, 0) is 4.79 Å². The maximum atomic E-state index is 11.1. The molecular formula is C10H12N2O2S. The van der Waals surface area contributed by atoms with E-state index in [-0.39, 0.29) is 17.4 Å². The fourth-order valence-electron chi connectivity index (χ4n) is 0.978.